The molecule has 0 radical (unpaired) electrons. The summed E-state index contributed by atoms with van der Waals surface area (Å²) in [7, 11) is 0. The third-order valence-corrected chi connectivity index (χ3v) is 4.02. The molecule has 5 heteroatoms. The minimum absolute atomic E-state index is 0.0909. The molecular weight excluding hydrogens is 312 g/mol. The molecule has 1 aromatic carbocycles. The van der Waals surface area contributed by atoms with Crippen LogP contribution in [0.25, 0.3) is 0 Å². The van der Waals surface area contributed by atoms with Crippen LogP contribution in [0.5, 0.6) is 0 Å². The number of hydrogen-bond acceptors (Lipinski definition) is 4. The Kier molecular flexibility index (Phi) is 6.12. The van der Waals surface area contributed by atoms with Gasteiger partial charge in [0.25, 0.3) is 0 Å². The first-order valence-corrected chi connectivity index (χ1v) is 8.80. The summed E-state index contributed by atoms with van der Waals surface area (Å²) in [5, 5.41) is 3.30. The second kappa shape index (κ2) is 8.10. The number of anilines is 2. The Morgan fingerprint density at radius 3 is 2.28 bits per heavy atom. The molecule has 0 aliphatic carbocycles. The maximum Gasteiger partial charge on any atom is 0.226 e. The van der Waals surface area contributed by atoms with E-state index in [4.69, 9.17) is 0 Å². The van der Waals surface area contributed by atoms with E-state index in [2.05, 4.69) is 36.1 Å². The number of carbonyl (C=O) groups is 1. The van der Waals surface area contributed by atoms with E-state index in [0.717, 1.165) is 36.0 Å². The zero-order chi connectivity index (χ0) is 18.4. The van der Waals surface area contributed by atoms with Crippen molar-refractivity contribution in [2.45, 2.75) is 46.5 Å². The van der Waals surface area contributed by atoms with Crippen LogP contribution in [0.2, 0.25) is 0 Å². The summed E-state index contributed by atoms with van der Waals surface area (Å²) in [4.78, 5) is 22.9. The zero-order valence-corrected chi connectivity index (χ0v) is 15.8. The average molecular weight is 340 g/mol. The lowest BCUT2D eigenvalue weighted by Crippen LogP contribution is -2.31. The van der Waals surface area contributed by atoms with E-state index >= 15 is 0 Å². The largest absolute Gasteiger partial charge is 0.343 e. The Morgan fingerprint density at radius 2 is 1.72 bits per heavy atom. The highest BCUT2D eigenvalue weighted by atomic mass is 16.2. The molecule has 0 fully saturated rings. The van der Waals surface area contributed by atoms with Crippen LogP contribution < -0.4 is 5.32 Å². The maximum absolute atomic E-state index is 12.2. The van der Waals surface area contributed by atoms with Gasteiger partial charge >= 0.3 is 0 Å². The average Bonchev–Trinajstić information content (AvgIpc) is 2.57. The van der Waals surface area contributed by atoms with Crippen LogP contribution in [-0.4, -0.2) is 33.9 Å². The molecule has 0 aliphatic heterocycles. The fraction of sp³-hybridized carbons (Fsp3) is 0.450. The van der Waals surface area contributed by atoms with Gasteiger partial charge in [0.1, 0.15) is 11.6 Å². The van der Waals surface area contributed by atoms with Crippen LogP contribution in [0.1, 0.15) is 46.0 Å². The second-order valence-electron chi connectivity index (χ2n) is 7.08. The Hall–Kier alpha value is -2.43. The Morgan fingerprint density at radius 1 is 1.08 bits per heavy atom. The van der Waals surface area contributed by atoms with E-state index in [0.29, 0.717) is 6.42 Å². The summed E-state index contributed by atoms with van der Waals surface area (Å²) in [6.45, 7) is 11.8. The summed E-state index contributed by atoms with van der Waals surface area (Å²) >= 11 is 0. The first kappa shape index (κ1) is 18.9. The maximum atomic E-state index is 12.2. The fourth-order valence-electron chi connectivity index (χ4n) is 2.51. The third kappa shape index (κ3) is 5.28. The van der Waals surface area contributed by atoms with Crippen molar-refractivity contribution in [2.75, 3.05) is 18.4 Å². The smallest absolute Gasteiger partial charge is 0.226 e. The molecule has 2 aromatic rings. The molecule has 1 amide bonds. The first-order valence-electron chi connectivity index (χ1n) is 8.80. The summed E-state index contributed by atoms with van der Waals surface area (Å²) in [6, 6.07) is 9.77. The van der Waals surface area contributed by atoms with Crippen LogP contribution in [0.4, 0.5) is 11.5 Å². The van der Waals surface area contributed by atoms with Gasteiger partial charge in [-0.2, -0.15) is 0 Å². The first-order chi connectivity index (χ1) is 11.8. The van der Waals surface area contributed by atoms with Gasteiger partial charge in [0.2, 0.25) is 5.91 Å². The van der Waals surface area contributed by atoms with Crippen LogP contribution >= 0.6 is 0 Å². The molecule has 1 heterocycles. The molecule has 0 atom stereocenters. The Balaban J connectivity index is 2.05. The van der Waals surface area contributed by atoms with Gasteiger partial charge in [-0.15, -0.1) is 0 Å². The lowest BCUT2D eigenvalue weighted by atomic mass is 9.96. The number of hydrogen-bond donors (Lipinski definition) is 1. The van der Waals surface area contributed by atoms with Crippen LogP contribution in [0, 0.1) is 0 Å². The normalized spacial score (nSPS) is 11.2. The van der Waals surface area contributed by atoms with Crippen molar-refractivity contribution in [3.05, 3.63) is 47.9 Å². The Labute approximate surface area is 150 Å². The van der Waals surface area contributed by atoms with E-state index in [1.807, 2.05) is 49.1 Å². The summed E-state index contributed by atoms with van der Waals surface area (Å²) in [5.41, 5.74) is 1.87. The van der Waals surface area contributed by atoms with E-state index in [1.54, 1.807) is 6.20 Å². The molecule has 2 rings (SSSR count). The number of amides is 1. The van der Waals surface area contributed by atoms with Crippen molar-refractivity contribution in [1.82, 2.24) is 14.9 Å². The molecule has 5 nitrogen and oxygen atoms in total. The van der Waals surface area contributed by atoms with Gasteiger partial charge in [0, 0.05) is 30.4 Å². The molecular formula is C20H28N4O. The highest BCUT2D eigenvalue weighted by Gasteiger charge is 2.17. The van der Waals surface area contributed by atoms with E-state index in [-0.39, 0.29) is 11.3 Å². The number of likely N-dealkylation sites (N-methyl/N-ethyl adjacent to an activating group) is 1. The molecule has 0 spiro atoms. The predicted molar refractivity (Wildman–Crippen MR) is 102 cm³/mol. The van der Waals surface area contributed by atoms with Gasteiger partial charge in [-0.1, -0.05) is 32.9 Å². The molecule has 0 aliphatic rings. The number of aromatic nitrogens is 2. The van der Waals surface area contributed by atoms with Gasteiger partial charge in [0.15, 0.2) is 0 Å². The number of benzene rings is 1. The van der Waals surface area contributed by atoms with Crippen molar-refractivity contribution >= 4 is 17.4 Å². The topological polar surface area (TPSA) is 58.1 Å². The van der Waals surface area contributed by atoms with Crippen molar-refractivity contribution < 1.29 is 4.79 Å². The van der Waals surface area contributed by atoms with E-state index < -0.39 is 0 Å². The molecule has 0 unspecified atom stereocenters. The Bertz CT molecular complexity index is 700. The number of nitrogens with zero attached hydrogens (tertiary/aromatic N) is 3. The summed E-state index contributed by atoms with van der Waals surface area (Å²) < 4.78 is 0. The summed E-state index contributed by atoms with van der Waals surface area (Å²) in [6.07, 6.45) is 2.21. The van der Waals surface area contributed by atoms with Gasteiger partial charge in [-0.3, -0.25) is 4.79 Å². The third-order valence-electron chi connectivity index (χ3n) is 4.02. The summed E-state index contributed by atoms with van der Waals surface area (Å²) in [5.74, 6) is 1.74. The fourth-order valence-corrected chi connectivity index (χ4v) is 2.51. The zero-order valence-electron chi connectivity index (χ0n) is 15.8. The minimum Gasteiger partial charge on any atom is -0.343 e. The minimum atomic E-state index is -0.0909. The lowest BCUT2D eigenvalue weighted by Gasteiger charge is -2.18. The van der Waals surface area contributed by atoms with Crippen molar-refractivity contribution in [3.63, 3.8) is 0 Å². The van der Waals surface area contributed by atoms with Crippen LogP contribution in [-0.2, 0) is 16.6 Å². The van der Waals surface area contributed by atoms with Gasteiger partial charge in [0.05, 0.1) is 6.42 Å². The molecule has 25 heavy (non-hydrogen) atoms. The SMILES string of the molecule is CCN(CC)C(=O)Cc1ccc(Nc2ccnc(C(C)(C)C)n2)cc1. The molecule has 0 saturated heterocycles. The van der Waals surface area contributed by atoms with Crippen molar-refractivity contribution in [3.8, 4) is 0 Å². The highest BCUT2D eigenvalue weighted by Crippen LogP contribution is 2.21. The molecule has 134 valence electrons. The molecule has 1 aromatic heterocycles. The highest BCUT2D eigenvalue weighted by molar-refractivity contribution is 5.78. The van der Waals surface area contributed by atoms with Gasteiger partial charge in [-0.25, -0.2) is 9.97 Å². The quantitative estimate of drug-likeness (QED) is 0.865. The van der Waals surface area contributed by atoms with Gasteiger partial charge < -0.3 is 10.2 Å². The molecule has 0 bridgehead atoms. The second-order valence-corrected chi connectivity index (χ2v) is 7.08. The standard InChI is InChI=1S/C20H28N4O/c1-6-24(7-2)18(25)14-15-8-10-16(11-9-15)22-17-12-13-21-19(23-17)20(3,4)5/h8-13H,6-7,14H2,1-5H3,(H,21,22,23). The van der Waals surface area contributed by atoms with Crippen LogP contribution in [0.15, 0.2) is 36.5 Å². The monoisotopic (exact) mass is 340 g/mol. The van der Waals surface area contributed by atoms with E-state index in [1.165, 1.54) is 0 Å². The molecule has 1 N–H and O–H groups in total. The number of rotatable bonds is 6. The predicted octanol–water partition coefficient (Wildman–Crippen LogP) is 3.93. The lowest BCUT2D eigenvalue weighted by molar-refractivity contribution is -0.130. The molecule has 0 saturated carbocycles. The van der Waals surface area contributed by atoms with Crippen LogP contribution in [0.3, 0.4) is 0 Å². The van der Waals surface area contributed by atoms with Gasteiger partial charge in [-0.05, 0) is 37.6 Å². The number of nitrogens with one attached hydrogen (secondary N) is 1. The number of carbonyl (C=O) groups excluding carboxylic acids is 1. The van der Waals surface area contributed by atoms with Crippen molar-refractivity contribution in [2.24, 2.45) is 0 Å². The van der Waals surface area contributed by atoms with Crippen molar-refractivity contribution in [1.29, 1.82) is 0 Å². The van der Waals surface area contributed by atoms with E-state index in [9.17, 15) is 4.79 Å².